The van der Waals surface area contributed by atoms with E-state index < -0.39 is 0 Å². The highest BCUT2D eigenvalue weighted by Gasteiger charge is 2.24. The molecule has 1 saturated heterocycles. The summed E-state index contributed by atoms with van der Waals surface area (Å²) in [7, 11) is 1.89. The van der Waals surface area contributed by atoms with Gasteiger partial charge < -0.3 is 10.2 Å². The standard InChI is InChI=1S/C20H22N4O/c1-14-22-18-5-3-4-6-19(18)24(14)16-9-7-15(8-10-16)20(25)23(2)17-11-12-21-13-17/h3-10,17,21H,11-13H2,1-2H3/t17-/m0/s1. The van der Waals surface area contributed by atoms with Crippen LogP contribution >= 0.6 is 0 Å². The van der Waals surface area contributed by atoms with Crippen LogP contribution in [0.4, 0.5) is 0 Å². The van der Waals surface area contributed by atoms with Crippen LogP contribution in [0.2, 0.25) is 0 Å². The molecule has 0 saturated carbocycles. The maximum Gasteiger partial charge on any atom is 0.253 e. The van der Waals surface area contributed by atoms with Crippen molar-refractivity contribution < 1.29 is 4.79 Å². The van der Waals surface area contributed by atoms with Gasteiger partial charge in [-0.3, -0.25) is 9.36 Å². The quantitative estimate of drug-likeness (QED) is 0.801. The van der Waals surface area contributed by atoms with E-state index in [-0.39, 0.29) is 11.9 Å². The number of aromatic nitrogens is 2. The number of carbonyl (C=O) groups excluding carboxylic acids is 1. The monoisotopic (exact) mass is 334 g/mol. The zero-order chi connectivity index (χ0) is 17.4. The van der Waals surface area contributed by atoms with Crippen LogP contribution in [0.1, 0.15) is 22.6 Å². The zero-order valence-electron chi connectivity index (χ0n) is 14.6. The van der Waals surface area contributed by atoms with Gasteiger partial charge in [-0.2, -0.15) is 0 Å². The van der Waals surface area contributed by atoms with E-state index in [0.29, 0.717) is 0 Å². The molecule has 128 valence electrons. The number of fused-ring (bicyclic) bond motifs is 1. The summed E-state index contributed by atoms with van der Waals surface area (Å²) in [5, 5.41) is 3.31. The number of hydrogen-bond donors (Lipinski definition) is 1. The van der Waals surface area contributed by atoms with Gasteiger partial charge in [0, 0.05) is 30.9 Å². The van der Waals surface area contributed by atoms with Crippen LogP contribution in [0.5, 0.6) is 0 Å². The lowest BCUT2D eigenvalue weighted by Gasteiger charge is -2.24. The average molecular weight is 334 g/mol. The first-order valence-electron chi connectivity index (χ1n) is 8.67. The smallest absolute Gasteiger partial charge is 0.253 e. The van der Waals surface area contributed by atoms with Gasteiger partial charge in [0.05, 0.1) is 11.0 Å². The Kier molecular flexibility index (Phi) is 4.01. The summed E-state index contributed by atoms with van der Waals surface area (Å²) in [5.74, 6) is 1.02. The van der Waals surface area contributed by atoms with Crippen molar-refractivity contribution in [2.45, 2.75) is 19.4 Å². The molecule has 1 aliphatic heterocycles. The number of amides is 1. The maximum absolute atomic E-state index is 12.7. The molecule has 1 atom stereocenters. The third kappa shape index (κ3) is 2.81. The van der Waals surface area contributed by atoms with Gasteiger partial charge >= 0.3 is 0 Å². The van der Waals surface area contributed by atoms with Crippen LogP contribution in [-0.2, 0) is 0 Å². The largest absolute Gasteiger partial charge is 0.337 e. The van der Waals surface area contributed by atoms with E-state index in [1.165, 1.54) is 0 Å². The molecule has 0 radical (unpaired) electrons. The molecule has 0 unspecified atom stereocenters. The van der Waals surface area contributed by atoms with E-state index in [4.69, 9.17) is 0 Å². The van der Waals surface area contributed by atoms with Gasteiger partial charge in [-0.1, -0.05) is 12.1 Å². The Hall–Kier alpha value is -2.66. The molecule has 2 heterocycles. The van der Waals surface area contributed by atoms with Gasteiger partial charge in [0.25, 0.3) is 5.91 Å². The maximum atomic E-state index is 12.7. The third-order valence-electron chi connectivity index (χ3n) is 5.00. The number of nitrogens with one attached hydrogen (secondary N) is 1. The van der Waals surface area contributed by atoms with Crippen molar-refractivity contribution in [3.05, 3.63) is 59.9 Å². The lowest BCUT2D eigenvalue weighted by atomic mass is 10.1. The second-order valence-electron chi connectivity index (χ2n) is 6.59. The predicted octanol–water partition coefficient (Wildman–Crippen LogP) is 2.77. The highest BCUT2D eigenvalue weighted by Crippen LogP contribution is 2.22. The Morgan fingerprint density at radius 2 is 1.96 bits per heavy atom. The van der Waals surface area contributed by atoms with E-state index in [1.807, 2.05) is 61.3 Å². The molecule has 4 rings (SSSR count). The number of rotatable bonds is 3. The van der Waals surface area contributed by atoms with Gasteiger partial charge in [-0.05, 0) is 56.3 Å². The number of likely N-dealkylation sites (N-methyl/N-ethyl adjacent to an activating group) is 1. The first-order valence-corrected chi connectivity index (χ1v) is 8.67. The average Bonchev–Trinajstić information content (AvgIpc) is 3.27. The molecule has 1 amide bonds. The number of hydrogen-bond acceptors (Lipinski definition) is 3. The molecule has 0 spiro atoms. The SMILES string of the molecule is Cc1nc2ccccc2n1-c1ccc(C(=O)N(C)[C@H]2CCNC2)cc1. The summed E-state index contributed by atoms with van der Waals surface area (Å²) in [4.78, 5) is 19.2. The van der Waals surface area contributed by atoms with Gasteiger partial charge in [-0.15, -0.1) is 0 Å². The van der Waals surface area contributed by atoms with Gasteiger partial charge in [-0.25, -0.2) is 4.98 Å². The van der Waals surface area contributed by atoms with Crippen LogP contribution in [0.15, 0.2) is 48.5 Å². The molecular weight excluding hydrogens is 312 g/mol. The van der Waals surface area contributed by atoms with Crippen molar-refractivity contribution in [2.75, 3.05) is 20.1 Å². The van der Waals surface area contributed by atoms with Crippen LogP contribution in [0, 0.1) is 6.92 Å². The molecule has 2 aromatic carbocycles. The van der Waals surface area contributed by atoms with E-state index >= 15 is 0 Å². The Labute approximate surface area is 147 Å². The first-order chi connectivity index (χ1) is 12.1. The number of nitrogens with zero attached hydrogens (tertiary/aromatic N) is 3. The zero-order valence-corrected chi connectivity index (χ0v) is 14.6. The minimum Gasteiger partial charge on any atom is -0.337 e. The molecule has 1 aliphatic rings. The summed E-state index contributed by atoms with van der Waals surface area (Å²) in [6, 6.07) is 16.2. The van der Waals surface area contributed by atoms with Crippen molar-refractivity contribution >= 4 is 16.9 Å². The Morgan fingerprint density at radius 1 is 1.20 bits per heavy atom. The molecule has 1 aromatic heterocycles. The number of imidazole rings is 1. The van der Waals surface area contributed by atoms with Crippen molar-refractivity contribution in [2.24, 2.45) is 0 Å². The first kappa shape index (κ1) is 15.8. The number of aryl methyl sites for hydroxylation is 1. The van der Waals surface area contributed by atoms with Crippen LogP contribution in [-0.4, -0.2) is 46.5 Å². The normalized spacial score (nSPS) is 17.1. The van der Waals surface area contributed by atoms with Crippen LogP contribution in [0.25, 0.3) is 16.7 Å². The summed E-state index contributed by atoms with van der Waals surface area (Å²) in [5.41, 5.74) is 3.80. The van der Waals surface area contributed by atoms with Crippen LogP contribution in [0.3, 0.4) is 0 Å². The van der Waals surface area contributed by atoms with Gasteiger partial charge in [0.15, 0.2) is 0 Å². The molecule has 5 heteroatoms. The summed E-state index contributed by atoms with van der Waals surface area (Å²) in [6.07, 6.45) is 1.01. The number of benzene rings is 2. The third-order valence-corrected chi connectivity index (χ3v) is 5.00. The lowest BCUT2D eigenvalue weighted by Crippen LogP contribution is -2.38. The van der Waals surface area contributed by atoms with E-state index in [9.17, 15) is 4.79 Å². The molecule has 1 N–H and O–H groups in total. The Bertz CT molecular complexity index is 907. The Balaban J connectivity index is 1.63. The van der Waals surface area contributed by atoms with Crippen molar-refractivity contribution in [3.63, 3.8) is 0 Å². The van der Waals surface area contributed by atoms with E-state index in [1.54, 1.807) is 0 Å². The fourth-order valence-corrected chi connectivity index (χ4v) is 3.56. The molecule has 0 aliphatic carbocycles. The lowest BCUT2D eigenvalue weighted by molar-refractivity contribution is 0.0744. The van der Waals surface area contributed by atoms with Crippen molar-refractivity contribution in [1.29, 1.82) is 0 Å². The predicted molar refractivity (Wildman–Crippen MR) is 99.2 cm³/mol. The fourth-order valence-electron chi connectivity index (χ4n) is 3.56. The summed E-state index contributed by atoms with van der Waals surface area (Å²) < 4.78 is 2.12. The second kappa shape index (κ2) is 6.33. The number of carbonyl (C=O) groups is 1. The highest BCUT2D eigenvalue weighted by atomic mass is 16.2. The van der Waals surface area contributed by atoms with Crippen molar-refractivity contribution in [1.82, 2.24) is 19.8 Å². The second-order valence-corrected chi connectivity index (χ2v) is 6.59. The molecule has 25 heavy (non-hydrogen) atoms. The van der Waals surface area contributed by atoms with Crippen molar-refractivity contribution in [3.8, 4) is 5.69 Å². The van der Waals surface area contributed by atoms with Gasteiger partial charge in [0.2, 0.25) is 0 Å². The van der Waals surface area contributed by atoms with E-state index in [2.05, 4.69) is 20.9 Å². The fraction of sp³-hybridized carbons (Fsp3) is 0.300. The number of para-hydroxylation sites is 2. The molecule has 3 aromatic rings. The minimum absolute atomic E-state index is 0.0764. The Morgan fingerprint density at radius 3 is 2.68 bits per heavy atom. The summed E-state index contributed by atoms with van der Waals surface area (Å²) in [6.45, 7) is 3.86. The van der Waals surface area contributed by atoms with Crippen LogP contribution < -0.4 is 5.32 Å². The molecular formula is C20H22N4O. The topological polar surface area (TPSA) is 50.2 Å². The molecule has 0 bridgehead atoms. The van der Waals surface area contributed by atoms with E-state index in [0.717, 1.165) is 47.6 Å². The summed E-state index contributed by atoms with van der Waals surface area (Å²) >= 11 is 0. The molecule has 5 nitrogen and oxygen atoms in total. The van der Waals surface area contributed by atoms with Gasteiger partial charge in [0.1, 0.15) is 5.82 Å². The molecule has 1 fully saturated rings. The minimum atomic E-state index is 0.0764. The highest BCUT2D eigenvalue weighted by molar-refractivity contribution is 5.94.